The lowest BCUT2D eigenvalue weighted by atomic mass is 10.0. The molecule has 88 valence electrons. The molecule has 1 aromatic carbocycles. The van der Waals surface area contributed by atoms with Crippen LogP contribution in [0.15, 0.2) is 24.3 Å². The molecule has 0 heterocycles. The van der Waals surface area contributed by atoms with Crippen molar-refractivity contribution in [1.82, 2.24) is 0 Å². The summed E-state index contributed by atoms with van der Waals surface area (Å²) in [4.78, 5) is 11.7. The molecule has 0 bridgehead atoms. The van der Waals surface area contributed by atoms with E-state index in [4.69, 9.17) is 4.74 Å². The van der Waals surface area contributed by atoms with E-state index in [2.05, 4.69) is 27.9 Å². The van der Waals surface area contributed by atoms with E-state index in [-0.39, 0.29) is 5.91 Å². The van der Waals surface area contributed by atoms with Crippen LogP contribution >= 0.6 is 22.6 Å². The lowest BCUT2D eigenvalue weighted by molar-refractivity contribution is -0.121. The Morgan fingerprint density at radius 2 is 1.94 bits per heavy atom. The summed E-state index contributed by atoms with van der Waals surface area (Å²) in [5, 5.41) is 2.84. The van der Waals surface area contributed by atoms with Gasteiger partial charge >= 0.3 is 0 Å². The van der Waals surface area contributed by atoms with E-state index >= 15 is 0 Å². The smallest absolute Gasteiger partial charge is 0.227 e. The van der Waals surface area contributed by atoms with Crippen molar-refractivity contribution in [1.29, 1.82) is 0 Å². The highest BCUT2D eigenvalue weighted by molar-refractivity contribution is 14.1. The molecular formula is C12H16INO2. The van der Waals surface area contributed by atoms with Crippen LogP contribution in [0.5, 0.6) is 0 Å². The molecule has 1 rings (SSSR count). The van der Waals surface area contributed by atoms with E-state index in [1.54, 1.807) is 7.11 Å². The molecule has 0 unspecified atom stereocenters. The number of carbonyl (C=O) groups is 1. The number of rotatable bonds is 4. The number of ether oxygens (including phenoxy) is 1. The molecule has 0 radical (unpaired) electrons. The van der Waals surface area contributed by atoms with Gasteiger partial charge in [-0.15, -0.1) is 0 Å². The first kappa shape index (κ1) is 13.4. The molecule has 1 amide bonds. The van der Waals surface area contributed by atoms with Gasteiger partial charge in [0.15, 0.2) is 0 Å². The normalized spacial score (nSPS) is 11.2. The minimum absolute atomic E-state index is 0.0342. The van der Waals surface area contributed by atoms with Crippen LogP contribution in [0.4, 0.5) is 5.69 Å². The first-order valence-corrected chi connectivity index (χ1v) is 6.11. The molecular weight excluding hydrogens is 317 g/mol. The van der Waals surface area contributed by atoms with Crippen molar-refractivity contribution >= 4 is 34.2 Å². The van der Waals surface area contributed by atoms with E-state index in [0.717, 1.165) is 9.26 Å². The van der Waals surface area contributed by atoms with Crippen LogP contribution in [-0.2, 0) is 9.53 Å². The Balaban J connectivity index is 2.55. The number of amides is 1. The first-order valence-electron chi connectivity index (χ1n) is 5.03. The number of hydrogen-bond donors (Lipinski definition) is 1. The summed E-state index contributed by atoms with van der Waals surface area (Å²) in [6.45, 7) is 3.78. The maximum absolute atomic E-state index is 11.7. The van der Waals surface area contributed by atoms with Gasteiger partial charge in [0.25, 0.3) is 0 Å². The highest BCUT2D eigenvalue weighted by Crippen LogP contribution is 2.16. The SMILES string of the molecule is COC(C)(C)CC(=O)Nc1ccc(I)cc1. The van der Waals surface area contributed by atoms with E-state index in [9.17, 15) is 4.79 Å². The monoisotopic (exact) mass is 333 g/mol. The summed E-state index contributed by atoms with van der Waals surface area (Å²) in [7, 11) is 1.61. The third-order valence-electron chi connectivity index (χ3n) is 2.27. The van der Waals surface area contributed by atoms with Gasteiger partial charge in [0.1, 0.15) is 0 Å². The van der Waals surface area contributed by atoms with Crippen molar-refractivity contribution in [2.45, 2.75) is 25.9 Å². The number of hydrogen-bond acceptors (Lipinski definition) is 2. The van der Waals surface area contributed by atoms with Crippen molar-refractivity contribution in [3.63, 3.8) is 0 Å². The van der Waals surface area contributed by atoms with Crippen LogP contribution < -0.4 is 5.32 Å². The molecule has 0 fully saturated rings. The summed E-state index contributed by atoms with van der Waals surface area (Å²) in [6, 6.07) is 7.69. The fourth-order valence-electron chi connectivity index (χ4n) is 1.20. The first-order chi connectivity index (χ1) is 7.43. The predicted octanol–water partition coefficient (Wildman–Crippen LogP) is 3.04. The van der Waals surface area contributed by atoms with E-state index in [1.165, 1.54) is 0 Å². The highest BCUT2D eigenvalue weighted by atomic mass is 127. The van der Waals surface area contributed by atoms with Crippen molar-refractivity contribution in [2.75, 3.05) is 12.4 Å². The van der Waals surface area contributed by atoms with Gasteiger partial charge in [-0.05, 0) is 60.7 Å². The molecule has 16 heavy (non-hydrogen) atoms. The lowest BCUT2D eigenvalue weighted by Crippen LogP contribution is -2.29. The van der Waals surface area contributed by atoms with Gasteiger partial charge in [0, 0.05) is 16.4 Å². The maximum Gasteiger partial charge on any atom is 0.227 e. The van der Waals surface area contributed by atoms with Gasteiger partial charge in [-0.2, -0.15) is 0 Å². The number of benzene rings is 1. The Morgan fingerprint density at radius 3 is 2.44 bits per heavy atom. The fraction of sp³-hybridized carbons (Fsp3) is 0.417. The van der Waals surface area contributed by atoms with Crippen LogP contribution in [0.1, 0.15) is 20.3 Å². The molecule has 3 nitrogen and oxygen atoms in total. The van der Waals surface area contributed by atoms with Gasteiger partial charge in [0.2, 0.25) is 5.91 Å². The molecule has 0 saturated heterocycles. The highest BCUT2D eigenvalue weighted by Gasteiger charge is 2.20. The molecule has 0 aliphatic carbocycles. The van der Waals surface area contributed by atoms with Crippen molar-refractivity contribution < 1.29 is 9.53 Å². The Labute approximate surface area is 110 Å². The van der Waals surface area contributed by atoms with Gasteiger partial charge in [-0.1, -0.05) is 0 Å². The molecule has 0 spiro atoms. The summed E-state index contributed by atoms with van der Waals surface area (Å²) in [6.07, 6.45) is 0.343. The molecule has 0 atom stereocenters. The molecule has 0 aliphatic rings. The average Bonchev–Trinajstić information content (AvgIpc) is 2.21. The Morgan fingerprint density at radius 1 is 1.38 bits per heavy atom. The van der Waals surface area contributed by atoms with Gasteiger partial charge in [0.05, 0.1) is 12.0 Å². The zero-order chi connectivity index (χ0) is 12.2. The third kappa shape index (κ3) is 4.49. The summed E-state index contributed by atoms with van der Waals surface area (Å²) >= 11 is 2.23. The Kier molecular flexibility index (Phi) is 4.73. The molecule has 1 aromatic rings. The molecule has 4 heteroatoms. The summed E-state index contributed by atoms with van der Waals surface area (Å²) in [5.41, 5.74) is 0.394. The van der Waals surface area contributed by atoms with Crippen LogP contribution in [0, 0.1) is 3.57 Å². The predicted molar refractivity (Wildman–Crippen MR) is 73.5 cm³/mol. The third-order valence-corrected chi connectivity index (χ3v) is 2.99. The largest absolute Gasteiger partial charge is 0.378 e. The van der Waals surface area contributed by atoms with Crippen LogP contribution in [0.2, 0.25) is 0 Å². The molecule has 0 aromatic heterocycles. The number of anilines is 1. The van der Waals surface area contributed by atoms with E-state index < -0.39 is 5.60 Å². The lowest BCUT2D eigenvalue weighted by Gasteiger charge is -2.21. The second-order valence-corrected chi connectivity index (χ2v) is 5.44. The van der Waals surface area contributed by atoms with Gasteiger partial charge in [-0.25, -0.2) is 0 Å². The van der Waals surface area contributed by atoms with Crippen molar-refractivity contribution in [2.24, 2.45) is 0 Å². The number of nitrogens with one attached hydrogen (secondary N) is 1. The number of halogens is 1. The zero-order valence-corrected chi connectivity index (χ0v) is 11.9. The quantitative estimate of drug-likeness (QED) is 0.860. The van der Waals surface area contributed by atoms with Crippen LogP contribution in [-0.4, -0.2) is 18.6 Å². The maximum atomic E-state index is 11.7. The Hall–Kier alpha value is -0.620. The molecule has 0 aliphatic heterocycles. The van der Waals surface area contributed by atoms with E-state index in [0.29, 0.717) is 6.42 Å². The fourth-order valence-corrected chi connectivity index (χ4v) is 1.56. The topological polar surface area (TPSA) is 38.3 Å². The minimum atomic E-state index is -0.423. The van der Waals surface area contributed by atoms with E-state index in [1.807, 2.05) is 38.1 Å². The Bertz CT molecular complexity index is 360. The number of methoxy groups -OCH3 is 1. The minimum Gasteiger partial charge on any atom is -0.378 e. The second-order valence-electron chi connectivity index (χ2n) is 4.20. The van der Waals surface area contributed by atoms with Crippen molar-refractivity contribution in [3.8, 4) is 0 Å². The van der Waals surface area contributed by atoms with Crippen LogP contribution in [0.25, 0.3) is 0 Å². The van der Waals surface area contributed by atoms with Crippen LogP contribution in [0.3, 0.4) is 0 Å². The zero-order valence-electron chi connectivity index (χ0n) is 9.71. The van der Waals surface area contributed by atoms with Gasteiger partial charge < -0.3 is 10.1 Å². The molecule has 0 saturated carbocycles. The summed E-state index contributed by atoms with van der Waals surface area (Å²) < 4.78 is 6.35. The molecule has 1 N–H and O–H groups in total. The van der Waals surface area contributed by atoms with Gasteiger partial charge in [-0.3, -0.25) is 4.79 Å². The second kappa shape index (κ2) is 5.63. The number of carbonyl (C=O) groups excluding carboxylic acids is 1. The summed E-state index contributed by atoms with van der Waals surface area (Å²) in [5.74, 6) is -0.0342. The average molecular weight is 333 g/mol. The standard InChI is InChI=1S/C12H16INO2/c1-12(2,16-3)8-11(15)14-10-6-4-9(13)5-7-10/h4-7H,8H2,1-3H3,(H,14,15). The van der Waals surface area contributed by atoms with Crippen molar-refractivity contribution in [3.05, 3.63) is 27.8 Å².